The monoisotopic (exact) mass is 358 g/mol. The summed E-state index contributed by atoms with van der Waals surface area (Å²) in [5.41, 5.74) is 3.47. The van der Waals surface area contributed by atoms with Gasteiger partial charge in [0.1, 0.15) is 5.82 Å². The molecule has 0 fully saturated rings. The summed E-state index contributed by atoms with van der Waals surface area (Å²) in [6, 6.07) is 5.88. The summed E-state index contributed by atoms with van der Waals surface area (Å²) in [5, 5.41) is 6.90. The van der Waals surface area contributed by atoms with Crippen LogP contribution >= 0.6 is 11.6 Å². The molecule has 0 spiro atoms. The van der Waals surface area contributed by atoms with Crippen LogP contribution < -0.4 is 10.6 Å². The fraction of sp³-hybridized carbons (Fsp3) is 0.474. The molecule has 1 aromatic heterocycles. The Morgan fingerprint density at radius 2 is 2.28 bits per heavy atom. The highest BCUT2D eigenvalue weighted by Crippen LogP contribution is 2.32. The fourth-order valence-electron chi connectivity index (χ4n) is 4.06. The summed E-state index contributed by atoms with van der Waals surface area (Å²) in [5.74, 6) is 1.40. The minimum absolute atomic E-state index is 0.0721. The summed E-state index contributed by atoms with van der Waals surface area (Å²) in [6.45, 7) is 3.68. The number of urea groups is 1. The molecule has 2 aromatic rings. The van der Waals surface area contributed by atoms with Crippen molar-refractivity contribution in [3.63, 3.8) is 0 Å². The van der Waals surface area contributed by atoms with Crippen LogP contribution in [0.3, 0.4) is 0 Å². The van der Waals surface area contributed by atoms with E-state index < -0.39 is 0 Å². The van der Waals surface area contributed by atoms with Crippen molar-refractivity contribution in [3.8, 4) is 0 Å². The lowest BCUT2D eigenvalue weighted by Crippen LogP contribution is -2.40. The molecule has 4 rings (SSSR count). The summed E-state index contributed by atoms with van der Waals surface area (Å²) in [6.07, 6.45) is 6.19. The number of rotatable bonds is 3. The molecule has 0 saturated carbocycles. The first-order valence-corrected chi connectivity index (χ1v) is 9.34. The second-order valence-electron chi connectivity index (χ2n) is 7.06. The van der Waals surface area contributed by atoms with Gasteiger partial charge in [-0.2, -0.15) is 0 Å². The molecular formula is C19H23ClN4O. The van der Waals surface area contributed by atoms with Gasteiger partial charge in [0.2, 0.25) is 0 Å². The van der Waals surface area contributed by atoms with Crippen LogP contribution in [0.25, 0.3) is 0 Å². The third-order valence-electron chi connectivity index (χ3n) is 5.24. The summed E-state index contributed by atoms with van der Waals surface area (Å²) in [7, 11) is 0. The minimum Gasteiger partial charge on any atom is -0.337 e. The van der Waals surface area contributed by atoms with E-state index in [1.807, 2.05) is 25.1 Å². The molecule has 6 heteroatoms. The van der Waals surface area contributed by atoms with Crippen molar-refractivity contribution in [2.24, 2.45) is 0 Å². The number of aryl methyl sites for hydroxylation is 3. The zero-order valence-electron chi connectivity index (χ0n) is 14.4. The van der Waals surface area contributed by atoms with Gasteiger partial charge in [0.25, 0.3) is 0 Å². The molecule has 0 saturated heterocycles. The van der Waals surface area contributed by atoms with Crippen molar-refractivity contribution >= 4 is 17.6 Å². The summed E-state index contributed by atoms with van der Waals surface area (Å²) < 4.78 is 2.22. The Morgan fingerprint density at radius 3 is 3.16 bits per heavy atom. The number of amides is 2. The lowest BCUT2D eigenvalue weighted by Gasteiger charge is -2.24. The zero-order chi connectivity index (χ0) is 17.4. The first-order chi connectivity index (χ1) is 12.1. The molecule has 2 aliphatic rings. The number of nitrogens with one attached hydrogen (secondary N) is 2. The first-order valence-electron chi connectivity index (χ1n) is 8.96. The summed E-state index contributed by atoms with van der Waals surface area (Å²) >= 11 is 6.05. The number of fused-ring (bicyclic) bond motifs is 2. The predicted octanol–water partition coefficient (Wildman–Crippen LogP) is 3.71. The largest absolute Gasteiger partial charge is 0.337 e. The van der Waals surface area contributed by atoms with Crippen molar-refractivity contribution in [1.29, 1.82) is 0 Å². The molecule has 0 bridgehead atoms. The first kappa shape index (κ1) is 16.5. The Bertz CT molecular complexity index is 801. The Hall–Kier alpha value is -2.01. The smallest absolute Gasteiger partial charge is 0.315 e. The highest BCUT2D eigenvalue weighted by atomic mass is 35.5. The van der Waals surface area contributed by atoms with E-state index in [2.05, 4.69) is 26.4 Å². The second-order valence-corrected chi connectivity index (χ2v) is 7.50. The standard InChI is InChI=1S/C19H23ClN4O/c1-12-11-24-8-2-3-14(18(24)22-12)10-21-19(25)23-17-7-4-13-9-15(20)5-6-16(13)17/h5-6,9,11,14,17H,2-4,7-8,10H2,1H3,(H2,21,23,25)/t14?,17-/m1/s1. The van der Waals surface area contributed by atoms with Gasteiger partial charge in [0.15, 0.2) is 0 Å². The van der Waals surface area contributed by atoms with Gasteiger partial charge in [-0.15, -0.1) is 0 Å². The number of carbonyl (C=O) groups excluding carboxylic acids is 1. The predicted molar refractivity (Wildman–Crippen MR) is 98.0 cm³/mol. The van der Waals surface area contributed by atoms with Crippen LogP contribution in [0.2, 0.25) is 5.02 Å². The van der Waals surface area contributed by atoms with Crippen molar-refractivity contribution in [3.05, 3.63) is 52.1 Å². The lowest BCUT2D eigenvalue weighted by atomic mass is 9.99. The van der Waals surface area contributed by atoms with Crippen molar-refractivity contribution in [2.45, 2.75) is 51.1 Å². The van der Waals surface area contributed by atoms with Crippen LogP contribution in [0.15, 0.2) is 24.4 Å². The zero-order valence-corrected chi connectivity index (χ0v) is 15.1. The number of hydrogen-bond donors (Lipinski definition) is 2. The molecule has 1 aromatic carbocycles. The Balaban J connectivity index is 1.35. The molecule has 132 valence electrons. The van der Waals surface area contributed by atoms with Gasteiger partial charge in [-0.05, 0) is 55.9 Å². The SMILES string of the molecule is Cc1cn2c(n1)C(CNC(=O)N[C@@H]1CCc3cc(Cl)ccc31)CCC2. The molecule has 0 radical (unpaired) electrons. The molecule has 2 atom stereocenters. The second kappa shape index (κ2) is 6.71. The topological polar surface area (TPSA) is 59.0 Å². The summed E-state index contributed by atoms with van der Waals surface area (Å²) in [4.78, 5) is 17.0. The molecular weight excluding hydrogens is 336 g/mol. The number of carbonyl (C=O) groups is 1. The van der Waals surface area contributed by atoms with E-state index in [0.29, 0.717) is 12.5 Å². The van der Waals surface area contributed by atoms with Crippen LogP contribution in [0.1, 0.15) is 53.9 Å². The molecule has 1 aliphatic carbocycles. The molecule has 5 nitrogen and oxygen atoms in total. The molecule has 25 heavy (non-hydrogen) atoms. The molecule has 2 heterocycles. The van der Waals surface area contributed by atoms with E-state index in [1.54, 1.807) is 0 Å². The number of benzene rings is 1. The number of hydrogen-bond acceptors (Lipinski definition) is 2. The van der Waals surface area contributed by atoms with Crippen LogP contribution in [-0.4, -0.2) is 22.1 Å². The molecule has 2 amide bonds. The van der Waals surface area contributed by atoms with Gasteiger partial charge in [-0.3, -0.25) is 0 Å². The quantitative estimate of drug-likeness (QED) is 0.878. The third kappa shape index (κ3) is 3.38. The maximum atomic E-state index is 12.4. The average molecular weight is 359 g/mol. The van der Waals surface area contributed by atoms with E-state index in [-0.39, 0.29) is 12.1 Å². The maximum Gasteiger partial charge on any atom is 0.315 e. The minimum atomic E-state index is -0.104. The highest BCUT2D eigenvalue weighted by Gasteiger charge is 2.26. The van der Waals surface area contributed by atoms with Gasteiger partial charge in [0, 0.05) is 30.2 Å². The fourth-order valence-corrected chi connectivity index (χ4v) is 4.26. The Morgan fingerprint density at radius 1 is 1.40 bits per heavy atom. The van der Waals surface area contributed by atoms with Gasteiger partial charge in [-0.1, -0.05) is 17.7 Å². The number of imidazole rings is 1. The Kier molecular flexibility index (Phi) is 4.42. The number of nitrogens with zero attached hydrogens (tertiary/aromatic N) is 2. The van der Waals surface area contributed by atoms with Crippen molar-refractivity contribution < 1.29 is 4.79 Å². The van der Waals surface area contributed by atoms with Gasteiger partial charge in [-0.25, -0.2) is 9.78 Å². The normalized spacial score (nSPS) is 21.5. The van der Waals surface area contributed by atoms with E-state index >= 15 is 0 Å². The maximum absolute atomic E-state index is 12.4. The van der Waals surface area contributed by atoms with Crippen LogP contribution in [0, 0.1) is 6.92 Å². The third-order valence-corrected chi connectivity index (χ3v) is 5.48. The number of aromatic nitrogens is 2. The molecule has 2 N–H and O–H groups in total. The van der Waals surface area contributed by atoms with E-state index in [0.717, 1.165) is 48.8 Å². The van der Waals surface area contributed by atoms with Gasteiger partial charge in [0.05, 0.1) is 11.7 Å². The molecule has 1 aliphatic heterocycles. The van der Waals surface area contributed by atoms with Crippen molar-refractivity contribution in [2.75, 3.05) is 6.54 Å². The van der Waals surface area contributed by atoms with Crippen LogP contribution in [-0.2, 0) is 13.0 Å². The van der Waals surface area contributed by atoms with E-state index in [4.69, 9.17) is 11.6 Å². The Labute approximate surface area is 152 Å². The van der Waals surface area contributed by atoms with Crippen LogP contribution in [0.4, 0.5) is 4.79 Å². The van der Waals surface area contributed by atoms with E-state index in [9.17, 15) is 4.79 Å². The number of halogens is 1. The van der Waals surface area contributed by atoms with Crippen molar-refractivity contribution in [1.82, 2.24) is 20.2 Å². The van der Waals surface area contributed by atoms with Gasteiger partial charge < -0.3 is 15.2 Å². The van der Waals surface area contributed by atoms with Gasteiger partial charge >= 0.3 is 6.03 Å². The highest BCUT2D eigenvalue weighted by molar-refractivity contribution is 6.30. The lowest BCUT2D eigenvalue weighted by molar-refractivity contribution is 0.235. The van der Waals surface area contributed by atoms with E-state index in [1.165, 1.54) is 11.1 Å². The molecule has 1 unspecified atom stereocenters. The van der Waals surface area contributed by atoms with Crippen LogP contribution in [0.5, 0.6) is 0 Å². The average Bonchev–Trinajstić information content (AvgIpc) is 3.15.